The lowest BCUT2D eigenvalue weighted by atomic mass is 10.2. The van der Waals surface area contributed by atoms with E-state index in [4.69, 9.17) is 23.2 Å². The number of nitrogens with one attached hydrogen (secondary N) is 2. The van der Waals surface area contributed by atoms with Crippen LogP contribution in [0.3, 0.4) is 0 Å². The van der Waals surface area contributed by atoms with Crippen molar-refractivity contribution >= 4 is 61.8 Å². The topological polar surface area (TPSA) is 75.3 Å². The highest BCUT2D eigenvalue weighted by atomic mass is 35.5. The average Bonchev–Trinajstić information content (AvgIpc) is 2.94. The van der Waals surface area contributed by atoms with E-state index in [-0.39, 0.29) is 14.8 Å². The van der Waals surface area contributed by atoms with E-state index in [1.165, 1.54) is 12.1 Å². The second-order valence-corrected chi connectivity index (χ2v) is 10.1. The van der Waals surface area contributed by atoms with Gasteiger partial charge in [-0.25, -0.2) is 8.42 Å². The Morgan fingerprint density at radius 1 is 1.00 bits per heavy atom. The summed E-state index contributed by atoms with van der Waals surface area (Å²) in [6.07, 6.45) is 0. The second-order valence-electron chi connectivity index (χ2n) is 6.15. The molecular weight excluding hydrogens is 439 g/mol. The van der Waals surface area contributed by atoms with E-state index in [2.05, 4.69) is 10.0 Å². The van der Waals surface area contributed by atoms with Gasteiger partial charge in [0.15, 0.2) is 0 Å². The number of benzene rings is 2. The SMILES string of the molecule is Cc1cccc(NS(=O)(=O)c2cc(NC(=O)c3cc(Cl)sc3Cl)ccc2C)c1. The van der Waals surface area contributed by atoms with Crippen LogP contribution < -0.4 is 10.0 Å². The van der Waals surface area contributed by atoms with Crippen molar-refractivity contribution in [1.29, 1.82) is 0 Å². The Morgan fingerprint density at radius 3 is 2.39 bits per heavy atom. The first-order valence-corrected chi connectivity index (χ1v) is 11.2. The highest BCUT2D eigenvalue weighted by Gasteiger charge is 2.19. The van der Waals surface area contributed by atoms with Crippen molar-refractivity contribution in [1.82, 2.24) is 0 Å². The number of carbonyl (C=O) groups excluding carboxylic acids is 1. The molecule has 0 bridgehead atoms. The molecule has 0 fully saturated rings. The van der Waals surface area contributed by atoms with Gasteiger partial charge in [0.05, 0.1) is 14.8 Å². The number of hydrogen-bond donors (Lipinski definition) is 2. The lowest BCUT2D eigenvalue weighted by Crippen LogP contribution is -2.16. The van der Waals surface area contributed by atoms with E-state index in [1.807, 2.05) is 13.0 Å². The van der Waals surface area contributed by atoms with Crippen molar-refractivity contribution in [2.24, 2.45) is 0 Å². The monoisotopic (exact) mass is 454 g/mol. The van der Waals surface area contributed by atoms with Gasteiger partial charge in [0.25, 0.3) is 15.9 Å². The molecule has 1 heterocycles. The Labute approximate surface area is 177 Å². The van der Waals surface area contributed by atoms with Crippen LogP contribution in [0, 0.1) is 13.8 Å². The Morgan fingerprint density at radius 2 is 1.75 bits per heavy atom. The Hall–Kier alpha value is -2.06. The van der Waals surface area contributed by atoms with Crippen molar-refractivity contribution in [2.75, 3.05) is 10.0 Å². The summed E-state index contributed by atoms with van der Waals surface area (Å²) in [5.41, 5.74) is 2.52. The maximum absolute atomic E-state index is 12.8. The lowest BCUT2D eigenvalue weighted by Gasteiger charge is -2.13. The first kappa shape index (κ1) is 20.7. The van der Waals surface area contributed by atoms with Gasteiger partial charge in [-0.15, -0.1) is 11.3 Å². The van der Waals surface area contributed by atoms with Gasteiger partial charge in [-0.3, -0.25) is 9.52 Å². The summed E-state index contributed by atoms with van der Waals surface area (Å²) in [6, 6.07) is 13.2. The standard InChI is InChI=1S/C19H16Cl2N2O3S2/c1-11-4-3-5-14(8-11)23-28(25,26)16-9-13(7-6-12(16)2)22-19(24)15-10-17(20)27-18(15)21/h3-10,23H,1-2H3,(H,22,24). The summed E-state index contributed by atoms with van der Waals surface area (Å²) in [7, 11) is -3.83. The first-order chi connectivity index (χ1) is 13.2. The summed E-state index contributed by atoms with van der Waals surface area (Å²) in [4.78, 5) is 12.5. The number of anilines is 2. The molecule has 0 aliphatic rings. The summed E-state index contributed by atoms with van der Waals surface area (Å²) in [5, 5.41) is 2.66. The van der Waals surface area contributed by atoms with E-state index in [1.54, 1.807) is 37.3 Å². The summed E-state index contributed by atoms with van der Waals surface area (Å²) in [6.45, 7) is 3.56. The third-order valence-corrected chi connectivity index (χ3v) is 6.92. The largest absolute Gasteiger partial charge is 0.322 e. The van der Waals surface area contributed by atoms with Crippen LogP contribution in [0.2, 0.25) is 8.67 Å². The normalized spacial score (nSPS) is 11.3. The zero-order valence-corrected chi connectivity index (χ0v) is 18.1. The lowest BCUT2D eigenvalue weighted by molar-refractivity contribution is 0.102. The molecule has 0 saturated heterocycles. The number of halogens is 2. The quantitative estimate of drug-likeness (QED) is 0.516. The molecular formula is C19H16Cl2N2O3S2. The predicted octanol–water partition coefficient (Wildman–Crippen LogP) is 5.72. The minimum absolute atomic E-state index is 0.0706. The molecule has 0 atom stereocenters. The Kier molecular flexibility index (Phi) is 6.00. The van der Waals surface area contributed by atoms with Crippen LogP contribution in [0.5, 0.6) is 0 Å². The van der Waals surface area contributed by atoms with E-state index in [0.29, 0.717) is 21.3 Å². The van der Waals surface area contributed by atoms with Gasteiger partial charge in [0.2, 0.25) is 0 Å². The van der Waals surface area contributed by atoms with Gasteiger partial charge >= 0.3 is 0 Å². The van der Waals surface area contributed by atoms with Crippen LogP contribution in [0.25, 0.3) is 0 Å². The number of sulfonamides is 1. The van der Waals surface area contributed by atoms with Gasteiger partial charge in [0, 0.05) is 11.4 Å². The van der Waals surface area contributed by atoms with E-state index < -0.39 is 15.9 Å². The fraction of sp³-hybridized carbons (Fsp3) is 0.105. The summed E-state index contributed by atoms with van der Waals surface area (Å²) < 4.78 is 28.9. The molecule has 1 aromatic heterocycles. The van der Waals surface area contributed by atoms with Crippen LogP contribution >= 0.6 is 34.5 Å². The zero-order valence-electron chi connectivity index (χ0n) is 14.9. The average molecular weight is 455 g/mol. The molecule has 3 rings (SSSR count). The van der Waals surface area contributed by atoms with Crippen LogP contribution in [0.1, 0.15) is 21.5 Å². The minimum Gasteiger partial charge on any atom is -0.322 e. The Balaban J connectivity index is 1.88. The molecule has 1 amide bonds. The molecule has 2 N–H and O–H groups in total. The number of carbonyl (C=O) groups is 1. The van der Waals surface area contributed by atoms with Gasteiger partial charge in [-0.1, -0.05) is 41.4 Å². The van der Waals surface area contributed by atoms with Crippen molar-refractivity contribution in [3.8, 4) is 0 Å². The number of thiophene rings is 1. The minimum atomic E-state index is -3.83. The summed E-state index contributed by atoms with van der Waals surface area (Å²) >= 11 is 13.0. The molecule has 0 radical (unpaired) electrons. The fourth-order valence-electron chi connectivity index (χ4n) is 2.58. The predicted molar refractivity (Wildman–Crippen MR) is 115 cm³/mol. The third kappa shape index (κ3) is 4.67. The molecule has 0 unspecified atom stereocenters. The van der Waals surface area contributed by atoms with Crippen LogP contribution in [0.4, 0.5) is 11.4 Å². The number of amides is 1. The van der Waals surface area contributed by atoms with Gasteiger partial charge in [-0.2, -0.15) is 0 Å². The molecule has 0 aliphatic carbocycles. The molecule has 0 saturated carbocycles. The second kappa shape index (κ2) is 8.13. The molecule has 146 valence electrons. The van der Waals surface area contributed by atoms with Crippen molar-refractivity contribution in [3.05, 3.63) is 73.9 Å². The van der Waals surface area contributed by atoms with E-state index in [9.17, 15) is 13.2 Å². The Bertz CT molecular complexity index is 1160. The molecule has 3 aromatic rings. The number of aryl methyl sites for hydroxylation is 2. The van der Waals surface area contributed by atoms with Crippen molar-refractivity contribution in [3.63, 3.8) is 0 Å². The maximum atomic E-state index is 12.8. The third-order valence-electron chi connectivity index (χ3n) is 3.91. The van der Waals surface area contributed by atoms with E-state index >= 15 is 0 Å². The number of hydrogen-bond acceptors (Lipinski definition) is 4. The van der Waals surface area contributed by atoms with Crippen molar-refractivity contribution in [2.45, 2.75) is 18.7 Å². The van der Waals surface area contributed by atoms with Crippen LogP contribution in [-0.2, 0) is 10.0 Å². The van der Waals surface area contributed by atoms with E-state index in [0.717, 1.165) is 16.9 Å². The molecule has 28 heavy (non-hydrogen) atoms. The zero-order chi connectivity index (χ0) is 20.5. The first-order valence-electron chi connectivity index (χ1n) is 8.12. The van der Waals surface area contributed by atoms with Crippen LogP contribution in [-0.4, -0.2) is 14.3 Å². The van der Waals surface area contributed by atoms with Gasteiger partial charge < -0.3 is 5.32 Å². The van der Waals surface area contributed by atoms with Gasteiger partial charge in [0.1, 0.15) is 4.34 Å². The number of rotatable bonds is 5. The fourth-order valence-corrected chi connectivity index (χ4v) is 5.36. The van der Waals surface area contributed by atoms with Gasteiger partial charge in [-0.05, 0) is 55.3 Å². The van der Waals surface area contributed by atoms with Crippen LogP contribution in [0.15, 0.2) is 53.4 Å². The maximum Gasteiger partial charge on any atom is 0.262 e. The molecule has 5 nitrogen and oxygen atoms in total. The van der Waals surface area contributed by atoms with Crippen molar-refractivity contribution < 1.29 is 13.2 Å². The molecule has 0 spiro atoms. The summed E-state index contributed by atoms with van der Waals surface area (Å²) in [5.74, 6) is -0.466. The smallest absolute Gasteiger partial charge is 0.262 e. The molecule has 0 aliphatic heterocycles. The molecule has 2 aromatic carbocycles. The molecule has 9 heteroatoms. The highest BCUT2D eigenvalue weighted by Crippen LogP contribution is 2.32. The highest BCUT2D eigenvalue weighted by molar-refractivity contribution is 7.92.